The molecule has 6 rings (SSSR count). The molecule has 9 nitrogen and oxygen atoms in total. The van der Waals surface area contributed by atoms with Crippen molar-refractivity contribution in [3.63, 3.8) is 0 Å². The Morgan fingerprint density at radius 3 is 2.45 bits per heavy atom. The minimum Gasteiger partial charge on any atom is -0.381 e. The van der Waals surface area contributed by atoms with Gasteiger partial charge in [0.2, 0.25) is 11.7 Å². The fourth-order valence-corrected chi connectivity index (χ4v) is 5.61. The van der Waals surface area contributed by atoms with Gasteiger partial charge in [0.05, 0.1) is 23.5 Å². The van der Waals surface area contributed by atoms with E-state index in [1.165, 1.54) is 4.90 Å². The number of nitrogens with zero attached hydrogens (tertiary/aromatic N) is 4. The molecule has 3 aliphatic rings. The maximum Gasteiger partial charge on any atom is 0.288 e. The van der Waals surface area contributed by atoms with Crippen molar-refractivity contribution in [3.8, 4) is 0 Å². The molecular weight excluding hydrogens is 501 g/mol. The number of aromatic amines is 1. The van der Waals surface area contributed by atoms with Crippen molar-refractivity contribution in [3.05, 3.63) is 71.3 Å². The number of anilines is 2. The van der Waals surface area contributed by atoms with Gasteiger partial charge in [0, 0.05) is 55.9 Å². The van der Waals surface area contributed by atoms with E-state index in [0.29, 0.717) is 24.1 Å². The molecule has 0 aliphatic carbocycles. The molecule has 3 N–H and O–H groups in total. The molecule has 2 aromatic carbocycles. The molecule has 2 amide bonds. The van der Waals surface area contributed by atoms with E-state index in [0.717, 1.165) is 74.5 Å². The van der Waals surface area contributed by atoms with Gasteiger partial charge in [0.1, 0.15) is 5.82 Å². The van der Waals surface area contributed by atoms with Crippen LogP contribution in [0.1, 0.15) is 53.3 Å². The van der Waals surface area contributed by atoms with Gasteiger partial charge < -0.3 is 20.3 Å². The first-order valence-corrected chi connectivity index (χ1v) is 13.5. The second-order valence-electron chi connectivity index (χ2n) is 10.9. The van der Waals surface area contributed by atoms with Gasteiger partial charge in [-0.3, -0.25) is 14.7 Å². The molecule has 2 fully saturated rings. The summed E-state index contributed by atoms with van der Waals surface area (Å²) in [6.07, 6.45) is 4.87. The summed E-state index contributed by atoms with van der Waals surface area (Å²) in [6.45, 7) is 3.77. The average molecular weight is 532 g/mol. The molecule has 2 saturated heterocycles. The number of amides is 2. The van der Waals surface area contributed by atoms with Crippen LogP contribution in [0.5, 0.6) is 0 Å². The zero-order valence-corrected chi connectivity index (χ0v) is 22.5. The Morgan fingerprint density at radius 1 is 1.07 bits per heavy atom. The number of aryl methyl sites for hydroxylation is 1. The number of carbonyl (C=O) groups is 2. The Hall–Kier alpha value is -3.53. The number of ether oxygens (including phenoxy) is 1. The Labute approximate surface area is 238 Å². The fourth-order valence-electron chi connectivity index (χ4n) is 5.61. The van der Waals surface area contributed by atoms with E-state index in [1.807, 2.05) is 36.4 Å². The summed E-state index contributed by atoms with van der Waals surface area (Å²) in [7, 11) is 17.7. The number of primary amides is 1. The molecule has 3 aromatic rings. The highest BCUT2D eigenvalue weighted by Gasteiger charge is 2.44. The third-order valence-electron chi connectivity index (χ3n) is 7.72. The van der Waals surface area contributed by atoms with Crippen LogP contribution in [-0.4, -0.2) is 82.1 Å². The lowest BCUT2D eigenvalue weighted by molar-refractivity contribution is -0.118. The fraction of sp³-hybridized carbons (Fsp3) is 0.429. The molecule has 0 bridgehead atoms. The van der Waals surface area contributed by atoms with E-state index in [1.54, 1.807) is 0 Å². The van der Waals surface area contributed by atoms with Crippen LogP contribution in [0.15, 0.2) is 48.5 Å². The summed E-state index contributed by atoms with van der Waals surface area (Å²) in [5.74, 6) is -0.0746. The summed E-state index contributed by atoms with van der Waals surface area (Å²) >= 11 is 0. The van der Waals surface area contributed by atoms with Crippen LogP contribution in [0.25, 0.3) is 0 Å². The number of hydrogen-bond donors (Lipinski definition) is 2. The highest BCUT2D eigenvalue weighted by Crippen LogP contribution is 2.43. The largest absolute Gasteiger partial charge is 0.381 e. The van der Waals surface area contributed by atoms with Gasteiger partial charge in [-0.1, -0.05) is 41.6 Å². The predicted octanol–water partition coefficient (Wildman–Crippen LogP) is 1.58. The smallest absolute Gasteiger partial charge is 0.288 e. The van der Waals surface area contributed by atoms with Gasteiger partial charge in [-0.15, -0.1) is 5.10 Å². The van der Waals surface area contributed by atoms with Crippen LogP contribution in [0.4, 0.5) is 11.4 Å². The molecule has 40 heavy (non-hydrogen) atoms. The van der Waals surface area contributed by atoms with E-state index < -0.39 is 11.1 Å². The number of hydrogen-bond acceptors (Lipinski definition) is 6. The van der Waals surface area contributed by atoms with Gasteiger partial charge >= 0.3 is 0 Å². The number of fused-ring (bicyclic) bond motifs is 1. The van der Waals surface area contributed by atoms with Crippen LogP contribution in [0.2, 0.25) is 0 Å². The van der Waals surface area contributed by atoms with Crippen LogP contribution >= 0.6 is 0 Å². The molecule has 3 aliphatic heterocycles. The van der Waals surface area contributed by atoms with Crippen LogP contribution in [0, 0.1) is 5.41 Å². The van der Waals surface area contributed by atoms with Crippen molar-refractivity contribution in [2.45, 2.75) is 43.8 Å². The Balaban J connectivity index is 0.000000184. The molecule has 0 atom stereocenters. The minimum atomic E-state index is -1.69. The zero-order valence-electron chi connectivity index (χ0n) is 22.5. The predicted molar refractivity (Wildman–Crippen MR) is 156 cm³/mol. The van der Waals surface area contributed by atoms with Crippen molar-refractivity contribution in [2.75, 3.05) is 36.1 Å². The maximum absolute atomic E-state index is 12.5. The summed E-state index contributed by atoms with van der Waals surface area (Å²) in [4.78, 5) is 30.9. The number of nitrogens with one attached hydrogen (secondary N) is 1. The first-order valence-electron chi connectivity index (χ1n) is 13.5. The SMILES string of the molecule is NC(=O)c1n[nH]c(Cc2ccccc2)n1.[B]C([B])([B])N1C(=O)CCCc2ccc(N3CC4(CCOCC4)C3)cc21. The van der Waals surface area contributed by atoms with Crippen molar-refractivity contribution < 1.29 is 14.3 Å². The van der Waals surface area contributed by atoms with Crippen LogP contribution in [-0.2, 0) is 22.4 Å². The molecule has 200 valence electrons. The quantitative estimate of drug-likeness (QED) is 0.483. The van der Waals surface area contributed by atoms with Crippen molar-refractivity contribution >= 4 is 46.7 Å². The molecular formula is C28H31B3N6O3. The molecule has 1 spiro atoms. The number of benzene rings is 2. The molecule has 0 saturated carbocycles. The number of carbonyl (C=O) groups excluding carboxylic acids is 2. The van der Waals surface area contributed by atoms with E-state index in [4.69, 9.17) is 34.0 Å². The second kappa shape index (κ2) is 11.5. The van der Waals surface area contributed by atoms with Gasteiger partial charge in [0.15, 0.2) is 0 Å². The topological polar surface area (TPSA) is 117 Å². The maximum atomic E-state index is 12.5. The lowest BCUT2D eigenvalue weighted by atomic mass is 9.48. The summed E-state index contributed by atoms with van der Waals surface area (Å²) in [6, 6.07) is 16.0. The monoisotopic (exact) mass is 532 g/mol. The van der Waals surface area contributed by atoms with Gasteiger partial charge in [-0.25, -0.2) is 4.98 Å². The first kappa shape index (κ1) is 28.0. The normalized spacial score (nSPS) is 18.2. The Bertz CT molecular complexity index is 1350. The number of nitrogens with two attached hydrogens (primary N) is 1. The highest BCUT2D eigenvalue weighted by atomic mass is 16.5. The molecule has 0 unspecified atom stereocenters. The highest BCUT2D eigenvalue weighted by molar-refractivity contribution is 6.62. The summed E-state index contributed by atoms with van der Waals surface area (Å²) < 4.78 is 5.49. The molecule has 1 aromatic heterocycles. The average Bonchev–Trinajstić information content (AvgIpc) is 3.30. The lowest BCUT2D eigenvalue weighted by Gasteiger charge is -2.53. The van der Waals surface area contributed by atoms with Crippen molar-refractivity contribution in [1.82, 2.24) is 15.2 Å². The number of aromatic nitrogens is 3. The van der Waals surface area contributed by atoms with Crippen molar-refractivity contribution in [2.24, 2.45) is 11.1 Å². The van der Waals surface area contributed by atoms with Gasteiger partial charge in [-0.05, 0) is 48.9 Å². The van der Waals surface area contributed by atoms with E-state index in [9.17, 15) is 9.59 Å². The lowest BCUT2D eigenvalue weighted by Crippen LogP contribution is -2.58. The standard InChI is InChI=1S/C18H21B3N2O2.C10H10N4O/c19-18(20,21)23-15-10-14(5-4-13(15)2-1-3-16(23)24)22-11-17(12-22)6-8-25-9-7-17;11-9(15)10-12-8(13-14-10)6-7-4-2-1-3-5-7/h4-5,10H,1-3,6-9,11-12H2;1-5H,6H2,(H2,11,15)(H,12,13,14). The molecule has 12 heteroatoms. The Morgan fingerprint density at radius 2 is 1.80 bits per heavy atom. The van der Waals surface area contributed by atoms with Crippen molar-refractivity contribution in [1.29, 1.82) is 0 Å². The Kier molecular flexibility index (Phi) is 8.08. The van der Waals surface area contributed by atoms with Crippen LogP contribution < -0.4 is 15.5 Å². The summed E-state index contributed by atoms with van der Waals surface area (Å²) in [5.41, 5.74) is 9.45. The van der Waals surface area contributed by atoms with Crippen LogP contribution in [0.3, 0.4) is 0 Å². The summed E-state index contributed by atoms with van der Waals surface area (Å²) in [5, 5.41) is 4.69. The minimum absolute atomic E-state index is 0.0286. The third-order valence-corrected chi connectivity index (χ3v) is 7.72. The first-order chi connectivity index (χ1) is 19.1. The molecule has 4 heterocycles. The second-order valence-corrected chi connectivity index (χ2v) is 10.9. The third kappa shape index (κ3) is 6.27. The number of H-pyrrole nitrogens is 1. The van der Waals surface area contributed by atoms with Gasteiger partial charge in [0.25, 0.3) is 5.91 Å². The number of rotatable bonds is 5. The van der Waals surface area contributed by atoms with E-state index in [2.05, 4.69) is 32.2 Å². The van der Waals surface area contributed by atoms with Gasteiger partial charge in [-0.2, -0.15) is 0 Å². The van der Waals surface area contributed by atoms with E-state index in [-0.39, 0.29) is 11.7 Å². The molecule has 6 radical (unpaired) electrons. The van der Waals surface area contributed by atoms with E-state index >= 15 is 0 Å². The zero-order chi connectivity index (χ0) is 28.3.